The highest BCUT2D eigenvalue weighted by molar-refractivity contribution is 5.79. The number of amides is 1. The number of primary amides is 1. The standard InChI is InChI=1S/C10H22N2O2/c1-4-5-8(2)14-7-6-9(12-3)10(11)13/h8-9,12H,4-7H2,1-3H3,(H2,11,13). The van der Waals surface area contributed by atoms with Crippen LogP contribution >= 0.6 is 0 Å². The number of hydrogen-bond donors (Lipinski definition) is 2. The van der Waals surface area contributed by atoms with Crippen molar-refractivity contribution < 1.29 is 9.53 Å². The van der Waals surface area contributed by atoms with E-state index in [4.69, 9.17) is 10.5 Å². The van der Waals surface area contributed by atoms with Crippen LogP contribution in [0.3, 0.4) is 0 Å². The Hall–Kier alpha value is -0.610. The smallest absolute Gasteiger partial charge is 0.234 e. The third-order valence-corrected chi connectivity index (χ3v) is 2.20. The van der Waals surface area contributed by atoms with Crippen LogP contribution in [0.1, 0.15) is 33.1 Å². The molecular formula is C10H22N2O2. The van der Waals surface area contributed by atoms with Crippen molar-refractivity contribution in [3.8, 4) is 0 Å². The van der Waals surface area contributed by atoms with Crippen LogP contribution in [0.2, 0.25) is 0 Å². The molecule has 0 saturated carbocycles. The molecule has 0 aromatic rings. The molecule has 0 aliphatic carbocycles. The molecular weight excluding hydrogens is 180 g/mol. The monoisotopic (exact) mass is 202 g/mol. The van der Waals surface area contributed by atoms with Crippen molar-refractivity contribution in [2.24, 2.45) is 5.73 Å². The summed E-state index contributed by atoms with van der Waals surface area (Å²) in [7, 11) is 1.73. The predicted molar refractivity (Wildman–Crippen MR) is 57.0 cm³/mol. The quantitative estimate of drug-likeness (QED) is 0.607. The second-order valence-electron chi connectivity index (χ2n) is 3.50. The number of ether oxygens (including phenoxy) is 1. The van der Waals surface area contributed by atoms with Crippen molar-refractivity contribution in [2.75, 3.05) is 13.7 Å². The van der Waals surface area contributed by atoms with Gasteiger partial charge in [0, 0.05) is 6.61 Å². The van der Waals surface area contributed by atoms with Crippen LogP contribution in [0.15, 0.2) is 0 Å². The predicted octanol–water partition coefficient (Wildman–Crippen LogP) is 0.655. The second kappa shape index (κ2) is 7.76. The number of carbonyl (C=O) groups excluding carboxylic acids is 1. The molecule has 0 aromatic carbocycles. The van der Waals surface area contributed by atoms with E-state index in [1.807, 2.05) is 6.92 Å². The summed E-state index contributed by atoms with van der Waals surface area (Å²) in [6, 6.07) is -0.274. The molecule has 0 heterocycles. The molecule has 2 atom stereocenters. The molecule has 2 unspecified atom stereocenters. The number of nitrogens with two attached hydrogens (primary N) is 1. The van der Waals surface area contributed by atoms with E-state index < -0.39 is 0 Å². The van der Waals surface area contributed by atoms with Gasteiger partial charge in [-0.3, -0.25) is 4.79 Å². The van der Waals surface area contributed by atoms with Crippen LogP contribution in [-0.4, -0.2) is 31.7 Å². The van der Waals surface area contributed by atoms with E-state index in [2.05, 4.69) is 12.2 Å². The fraction of sp³-hybridized carbons (Fsp3) is 0.900. The minimum absolute atomic E-state index is 0.269. The summed E-state index contributed by atoms with van der Waals surface area (Å²) in [6.45, 7) is 4.75. The van der Waals surface area contributed by atoms with E-state index in [-0.39, 0.29) is 18.1 Å². The third-order valence-electron chi connectivity index (χ3n) is 2.20. The lowest BCUT2D eigenvalue weighted by atomic mass is 10.2. The highest BCUT2D eigenvalue weighted by atomic mass is 16.5. The Balaban J connectivity index is 3.55. The van der Waals surface area contributed by atoms with Crippen LogP contribution in [0, 0.1) is 0 Å². The molecule has 0 saturated heterocycles. The molecule has 0 spiro atoms. The topological polar surface area (TPSA) is 64.3 Å². The number of carbonyl (C=O) groups is 1. The molecule has 84 valence electrons. The molecule has 0 fully saturated rings. The van der Waals surface area contributed by atoms with Crippen LogP contribution in [-0.2, 0) is 9.53 Å². The first-order valence-electron chi connectivity index (χ1n) is 5.20. The Bertz CT molecular complexity index is 162. The van der Waals surface area contributed by atoms with Crippen LogP contribution < -0.4 is 11.1 Å². The van der Waals surface area contributed by atoms with E-state index in [0.29, 0.717) is 13.0 Å². The largest absolute Gasteiger partial charge is 0.378 e. The van der Waals surface area contributed by atoms with Crippen molar-refractivity contribution in [3.05, 3.63) is 0 Å². The number of hydrogen-bond acceptors (Lipinski definition) is 3. The van der Waals surface area contributed by atoms with Gasteiger partial charge in [-0.1, -0.05) is 13.3 Å². The Labute approximate surface area is 86.2 Å². The number of rotatable bonds is 8. The lowest BCUT2D eigenvalue weighted by Crippen LogP contribution is -2.40. The van der Waals surface area contributed by atoms with E-state index in [9.17, 15) is 4.79 Å². The third kappa shape index (κ3) is 5.94. The lowest BCUT2D eigenvalue weighted by molar-refractivity contribution is -0.120. The summed E-state index contributed by atoms with van der Waals surface area (Å²) in [5.41, 5.74) is 5.17. The Morgan fingerprint density at radius 1 is 1.50 bits per heavy atom. The highest BCUT2D eigenvalue weighted by Gasteiger charge is 2.12. The van der Waals surface area contributed by atoms with Gasteiger partial charge in [0.15, 0.2) is 0 Å². The van der Waals surface area contributed by atoms with Gasteiger partial charge in [0.25, 0.3) is 0 Å². The second-order valence-corrected chi connectivity index (χ2v) is 3.50. The molecule has 0 aliphatic heterocycles. The van der Waals surface area contributed by atoms with E-state index in [0.717, 1.165) is 12.8 Å². The zero-order valence-corrected chi connectivity index (χ0v) is 9.38. The maximum Gasteiger partial charge on any atom is 0.234 e. The molecule has 1 amide bonds. The summed E-state index contributed by atoms with van der Waals surface area (Å²) in [5.74, 6) is -0.320. The summed E-state index contributed by atoms with van der Waals surface area (Å²) in [6.07, 6.45) is 3.08. The number of likely N-dealkylation sites (N-methyl/N-ethyl adjacent to an activating group) is 1. The zero-order valence-electron chi connectivity index (χ0n) is 9.38. The molecule has 0 aliphatic rings. The first-order valence-corrected chi connectivity index (χ1v) is 5.20. The van der Waals surface area contributed by atoms with Crippen molar-refractivity contribution in [1.29, 1.82) is 0 Å². The Morgan fingerprint density at radius 2 is 2.14 bits per heavy atom. The van der Waals surface area contributed by atoms with Crippen LogP contribution in [0.5, 0.6) is 0 Å². The van der Waals surface area contributed by atoms with Gasteiger partial charge in [0.1, 0.15) is 0 Å². The van der Waals surface area contributed by atoms with E-state index in [1.165, 1.54) is 0 Å². The Kier molecular flexibility index (Phi) is 7.42. The number of nitrogens with one attached hydrogen (secondary N) is 1. The van der Waals surface area contributed by atoms with Crippen LogP contribution in [0.4, 0.5) is 0 Å². The Morgan fingerprint density at radius 3 is 2.57 bits per heavy atom. The van der Waals surface area contributed by atoms with Gasteiger partial charge in [0.05, 0.1) is 12.1 Å². The van der Waals surface area contributed by atoms with Gasteiger partial charge in [-0.05, 0) is 26.8 Å². The van der Waals surface area contributed by atoms with Crippen molar-refractivity contribution in [3.63, 3.8) is 0 Å². The maximum absolute atomic E-state index is 10.8. The van der Waals surface area contributed by atoms with E-state index >= 15 is 0 Å². The fourth-order valence-electron chi connectivity index (χ4n) is 1.31. The van der Waals surface area contributed by atoms with Crippen molar-refractivity contribution in [1.82, 2.24) is 5.32 Å². The lowest BCUT2D eigenvalue weighted by Gasteiger charge is -2.15. The van der Waals surface area contributed by atoms with Gasteiger partial charge in [-0.25, -0.2) is 0 Å². The van der Waals surface area contributed by atoms with Crippen LogP contribution in [0.25, 0.3) is 0 Å². The summed E-state index contributed by atoms with van der Waals surface area (Å²) in [5, 5.41) is 2.85. The average Bonchev–Trinajstić information content (AvgIpc) is 2.12. The summed E-state index contributed by atoms with van der Waals surface area (Å²) in [4.78, 5) is 10.8. The first-order chi connectivity index (χ1) is 6.61. The fourth-order valence-corrected chi connectivity index (χ4v) is 1.31. The SMILES string of the molecule is CCCC(C)OCCC(NC)C(N)=O. The summed E-state index contributed by atoms with van der Waals surface area (Å²) < 4.78 is 5.52. The van der Waals surface area contributed by atoms with Gasteiger partial charge in [-0.2, -0.15) is 0 Å². The molecule has 0 radical (unpaired) electrons. The molecule has 4 heteroatoms. The zero-order chi connectivity index (χ0) is 11.0. The van der Waals surface area contributed by atoms with Gasteiger partial charge >= 0.3 is 0 Å². The molecule has 0 aromatic heterocycles. The molecule has 0 bridgehead atoms. The minimum Gasteiger partial charge on any atom is -0.378 e. The highest BCUT2D eigenvalue weighted by Crippen LogP contribution is 2.02. The minimum atomic E-state index is -0.320. The molecule has 4 nitrogen and oxygen atoms in total. The molecule has 3 N–H and O–H groups in total. The summed E-state index contributed by atoms with van der Waals surface area (Å²) >= 11 is 0. The normalized spacial score (nSPS) is 15.1. The van der Waals surface area contributed by atoms with Gasteiger partial charge in [0.2, 0.25) is 5.91 Å². The van der Waals surface area contributed by atoms with Gasteiger partial charge in [-0.15, -0.1) is 0 Å². The van der Waals surface area contributed by atoms with Crippen molar-refractivity contribution >= 4 is 5.91 Å². The van der Waals surface area contributed by atoms with Crippen molar-refractivity contribution in [2.45, 2.75) is 45.3 Å². The van der Waals surface area contributed by atoms with E-state index in [1.54, 1.807) is 7.05 Å². The average molecular weight is 202 g/mol. The molecule has 14 heavy (non-hydrogen) atoms. The molecule has 0 rings (SSSR count). The van der Waals surface area contributed by atoms with Gasteiger partial charge < -0.3 is 15.8 Å². The first kappa shape index (κ1) is 13.4. The maximum atomic E-state index is 10.8.